The maximum Gasteiger partial charge on any atom is 0.272 e. The first kappa shape index (κ1) is 7.28. The van der Waals surface area contributed by atoms with E-state index in [1.165, 1.54) is 0 Å². The summed E-state index contributed by atoms with van der Waals surface area (Å²) < 4.78 is 0. The van der Waals surface area contributed by atoms with Crippen LogP contribution in [0.5, 0.6) is 0 Å². The topological polar surface area (TPSA) is 16.1 Å². The summed E-state index contributed by atoms with van der Waals surface area (Å²) in [5.74, 6) is 0. The molecule has 0 aliphatic carbocycles. The Labute approximate surface area is 62.2 Å². The average molecular weight is 133 g/mol. The number of rotatable bonds is 2. The van der Waals surface area contributed by atoms with Crippen molar-refractivity contribution in [1.29, 1.82) is 0 Å². The van der Waals surface area contributed by atoms with Crippen LogP contribution in [0.4, 0.5) is 0 Å². The molecule has 0 aliphatic rings. The fourth-order valence-corrected chi connectivity index (χ4v) is 0.717. The van der Waals surface area contributed by atoms with E-state index in [1.54, 1.807) is 6.20 Å². The van der Waals surface area contributed by atoms with Gasteiger partial charge < -0.3 is 4.81 Å². The summed E-state index contributed by atoms with van der Waals surface area (Å²) in [4.78, 5) is 6.10. The lowest BCUT2D eigenvalue weighted by molar-refractivity contribution is 0.668. The lowest BCUT2D eigenvalue weighted by atomic mass is 9.87. The predicted octanol–water partition coefficient (Wildman–Crippen LogP) is -0.112. The Morgan fingerprint density at radius 2 is 2.20 bits per heavy atom. The van der Waals surface area contributed by atoms with Crippen molar-refractivity contribution >= 4 is 13.0 Å². The summed E-state index contributed by atoms with van der Waals surface area (Å²) in [6.45, 7) is 0. The molecule has 2 nitrogen and oxygen atoms in total. The van der Waals surface area contributed by atoms with E-state index in [0.717, 1.165) is 5.59 Å². The fraction of sp³-hybridized carbons (Fsp3) is 0.286. The zero-order valence-corrected chi connectivity index (χ0v) is 6.28. The van der Waals surface area contributed by atoms with Crippen LogP contribution in [-0.2, 0) is 0 Å². The zero-order valence-electron chi connectivity index (χ0n) is 6.28. The van der Waals surface area contributed by atoms with Crippen molar-refractivity contribution < 1.29 is 0 Å². The van der Waals surface area contributed by atoms with E-state index >= 15 is 0 Å². The highest BCUT2D eigenvalue weighted by Gasteiger charge is 1.96. The van der Waals surface area contributed by atoms with Gasteiger partial charge in [0.15, 0.2) is 0 Å². The second kappa shape index (κ2) is 3.37. The summed E-state index contributed by atoms with van der Waals surface area (Å²) >= 11 is 0. The Morgan fingerprint density at radius 3 is 2.70 bits per heavy atom. The molecule has 1 aromatic rings. The highest BCUT2D eigenvalue weighted by molar-refractivity contribution is 6.49. The fourth-order valence-electron chi connectivity index (χ4n) is 0.717. The normalized spacial score (nSPS) is 9.90. The molecule has 0 bridgehead atoms. The number of hydrogen-bond donors (Lipinski definition) is 0. The van der Waals surface area contributed by atoms with Gasteiger partial charge in [-0.1, -0.05) is 6.07 Å². The maximum atomic E-state index is 4.12. The SMILES string of the molecule is CN(C)[B]c1ccccn1. The molecule has 0 saturated carbocycles. The van der Waals surface area contributed by atoms with Gasteiger partial charge in [-0.15, -0.1) is 0 Å². The summed E-state index contributed by atoms with van der Waals surface area (Å²) in [5, 5.41) is 0. The first-order valence-corrected chi connectivity index (χ1v) is 3.21. The Bertz CT molecular complexity index is 186. The standard InChI is InChI=1S/C7H10BN2/c1-10(2)8-7-5-3-4-6-9-7/h3-6H,1-2H3. The largest absolute Gasteiger partial charge is 0.346 e. The van der Waals surface area contributed by atoms with Gasteiger partial charge in [0, 0.05) is 11.8 Å². The molecule has 51 valence electrons. The summed E-state index contributed by atoms with van der Waals surface area (Å²) in [7, 11) is 5.93. The van der Waals surface area contributed by atoms with E-state index in [9.17, 15) is 0 Å². The second-order valence-electron chi connectivity index (χ2n) is 2.35. The van der Waals surface area contributed by atoms with Crippen molar-refractivity contribution in [2.24, 2.45) is 0 Å². The molecule has 1 radical (unpaired) electrons. The van der Waals surface area contributed by atoms with Gasteiger partial charge in [0.25, 0.3) is 7.41 Å². The molecule has 0 unspecified atom stereocenters. The molecular formula is C7H10BN2. The minimum absolute atomic E-state index is 0.993. The first-order valence-electron chi connectivity index (χ1n) is 3.21. The Hall–Kier alpha value is -0.825. The predicted molar refractivity (Wildman–Crippen MR) is 43.3 cm³/mol. The van der Waals surface area contributed by atoms with Crippen LogP contribution < -0.4 is 5.59 Å². The molecule has 0 saturated heterocycles. The highest BCUT2D eigenvalue weighted by Crippen LogP contribution is 1.76. The van der Waals surface area contributed by atoms with Crippen molar-refractivity contribution in [1.82, 2.24) is 9.79 Å². The van der Waals surface area contributed by atoms with Gasteiger partial charge in [-0.2, -0.15) is 0 Å². The molecule has 1 aromatic heterocycles. The lowest BCUT2D eigenvalue weighted by Gasteiger charge is -2.04. The third-order valence-corrected chi connectivity index (χ3v) is 1.08. The van der Waals surface area contributed by atoms with Crippen LogP contribution in [0.25, 0.3) is 0 Å². The van der Waals surface area contributed by atoms with E-state index in [0.29, 0.717) is 0 Å². The van der Waals surface area contributed by atoms with E-state index in [4.69, 9.17) is 0 Å². The van der Waals surface area contributed by atoms with Gasteiger partial charge in [-0.3, -0.25) is 4.98 Å². The van der Waals surface area contributed by atoms with Gasteiger partial charge >= 0.3 is 0 Å². The Morgan fingerprint density at radius 1 is 1.40 bits per heavy atom. The maximum absolute atomic E-state index is 4.12. The second-order valence-corrected chi connectivity index (χ2v) is 2.35. The van der Waals surface area contributed by atoms with Crippen LogP contribution in [0.2, 0.25) is 0 Å². The lowest BCUT2D eigenvalue weighted by Crippen LogP contribution is -2.31. The van der Waals surface area contributed by atoms with Crippen molar-refractivity contribution in [3.63, 3.8) is 0 Å². The number of pyridine rings is 1. The van der Waals surface area contributed by atoms with Gasteiger partial charge in [0.1, 0.15) is 0 Å². The first-order chi connectivity index (χ1) is 4.79. The molecule has 3 heteroatoms. The molecule has 0 fully saturated rings. The third-order valence-electron chi connectivity index (χ3n) is 1.08. The monoisotopic (exact) mass is 133 g/mol. The Balaban J connectivity index is 2.59. The van der Waals surface area contributed by atoms with E-state index in [2.05, 4.69) is 4.98 Å². The minimum atomic E-state index is 0.993. The number of hydrogen-bond acceptors (Lipinski definition) is 2. The average Bonchev–Trinajstić information content (AvgIpc) is 1.88. The van der Waals surface area contributed by atoms with E-state index in [1.807, 2.05) is 44.5 Å². The van der Waals surface area contributed by atoms with Gasteiger partial charge in [-0.05, 0) is 26.2 Å². The molecule has 0 amide bonds. The van der Waals surface area contributed by atoms with E-state index in [-0.39, 0.29) is 0 Å². The molecule has 10 heavy (non-hydrogen) atoms. The van der Waals surface area contributed by atoms with Gasteiger partial charge in [0.05, 0.1) is 0 Å². The quantitative estimate of drug-likeness (QED) is 0.523. The summed E-state index contributed by atoms with van der Waals surface area (Å²) in [6.07, 6.45) is 1.79. The number of aromatic nitrogens is 1. The van der Waals surface area contributed by atoms with Crippen molar-refractivity contribution in [2.45, 2.75) is 0 Å². The molecule has 0 aromatic carbocycles. The Kier molecular flexibility index (Phi) is 2.45. The van der Waals surface area contributed by atoms with Gasteiger partial charge in [0.2, 0.25) is 0 Å². The van der Waals surface area contributed by atoms with Crippen LogP contribution in [-0.4, -0.2) is 31.3 Å². The van der Waals surface area contributed by atoms with E-state index < -0.39 is 0 Å². The summed E-state index contributed by atoms with van der Waals surface area (Å²) in [5.41, 5.74) is 0.993. The minimum Gasteiger partial charge on any atom is -0.346 e. The molecule has 1 rings (SSSR count). The van der Waals surface area contributed by atoms with Crippen molar-refractivity contribution in [3.05, 3.63) is 24.4 Å². The molecule has 0 N–H and O–H groups in total. The van der Waals surface area contributed by atoms with Crippen molar-refractivity contribution in [2.75, 3.05) is 14.1 Å². The van der Waals surface area contributed by atoms with Crippen LogP contribution in [0.1, 0.15) is 0 Å². The zero-order chi connectivity index (χ0) is 7.40. The van der Waals surface area contributed by atoms with Crippen molar-refractivity contribution in [3.8, 4) is 0 Å². The van der Waals surface area contributed by atoms with Crippen LogP contribution in [0, 0.1) is 0 Å². The van der Waals surface area contributed by atoms with Crippen LogP contribution in [0.15, 0.2) is 24.4 Å². The van der Waals surface area contributed by atoms with Crippen LogP contribution >= 0.6 is 0 Å². The van der Waals surface area contributed by atoms with Crippen LogP contribution in [0.3, 0.4) is 0 Å². The molecule has 0 aliphatic heterocycles. The molecular weight excluding hydrogens is 123 g/mol. The third kappa shape index (κ3) is 2.19. The molecule has 1 heterocycles. The summed E-state index contributed by atoms with van der Waals surface area (Å²) in [6, 6.07) is 5.86. The molecule has 0 atom stereocenters. The number of nitrogens with zero attached hydrogens (tertiary/aromatic N) is 2. The van der Waals surface area contributed by atoms with Gasteiger partial charge in [-0.25, -0.2) is 0 Å². The molecule has 0 spiro atoms. The smallest absolute Gasteiger partial charge is 0.272 e. The highest BCUT2D eigenvalue weighted by atomic mass is 15.0.